The monoisotopic (exact) mass is 569 g/mol. The number of ether oxygens (including phenoxy) is 1. The summed E-state index contributed by atoms with van der Waals surface area (Å²) in [7, 11) is -2.75. The van der Waals surface area contributed by atoms with Crippen LogP contribution in [0.25, 0.3) is 0 Å². The van der Waals surface area contributed by atoms with Gasteiger partial charge < -0.3 is 19.9 Å². The maximum Gasteiger partial charge on any atom is 0.229 e. The third-order valence-electron chi connectivity index (χ3n) is 8.21. The summed E-state index contributed by atoms with van der Waals surface area (Å²) in [5, 5.41) is 7.16. The number of hydrogen-bond donors (Lipinski definition) is 2. The van der Waals surface area contributed by atoms with E-state index in [0.717, 1.165) is 38.2 Å². The predicted octanol–water partition coefficient (Wildman–Crippen LogP) is 6.11. The van der Waals surface area contributed by atoms with Crippen LogP contribution in [-0.2, 0) is 22.1 Å². The largest absolute Gasteiger partial charge is 0.378 e. The number of nitrogens with zero attached hydrogens (tertiary/aromatic N) is 3. The molecule has 1 aliphatic carbocycles. The van der Waals surface area contributed by atoms with Crippen LogP contribution in [-0.4, -0.2) is 59.5 Å². The summed E-state index contributed by atoms with van der Waals surface area (Å²) in [4.78, 5) is 11.7. The van der Waals surface area contributed by atoms with Crippen LogP contribution in [0.15, 0.2) is 42.6 Å². The van der Waals surface area contributed by atoms with Crippen molar-refractivity contribution in [1.29, 1.82) is 0 Å². The van der Waals surface area contributed by atoms with Crippen LogP contribution in [0.2, 0.25) is 5.02 Å². The Bertz CT molecular complexity index is 1420. The summed E-state index contributed by atoms with van der Waals surface area (Å²) in [6.07, 6.45) is 8.52. The minimum Gasteiger partial charge on any atom is -0.378 e. The van der Waals surface area contributed by atoms with Gasteiger partial charge in [0.1, 0.15) is 18.0 Å². The van der Waals surface area contributed by atoms with E-state index >= 15 is 0 Å². The number of anilines is 4. The van der Waals surface area contributed by atoms with E-state index in [1.807, 2.05) is 0 Å². The molecular formula is C29H34ClFN5O2P. The second-order valence-corrected chi connectivity index (χ2v) is 14.8. The SMILES string of the molecule is CP(C)(=O)c1cc(F)ccc1Nc1nc(Nc2ccc3c(c2)CCC(N2C4CCC2COC4)CC3)ncc1Cl. The molecule has 0 saturated carbocycles. The van der Waals surface area contributed by atoms with Gasteiger partial charge in [0, 0.05) is 29.1 Å². The van der Waals surface area contributed by atoms with E-state index in [1.54, 1.807) is 19.4 Å². The van der Waals surface area contributed by atoms with E-state index in [1.165, 1.54) is 48.7 Å². The minimum absolute atomic E-state index is 0.308. The lowest BCUT2D eigenvalue weighted by molar-refractivity contribution is -0.0389. The fourth-order valence-electron chi connectivity index (χ4n) is 6.35. The zero-order chi connectivity index (χ0) is 27.1. The van der Waals surface area contributed by atoms with Crippen LogP contribution in [0.4, 0.5) is 27.5 Å². The Labute approximate surface area is 233 Å². The summed E-state index contributed by atoms with van der Waals surface area (Å²) in [5.41, 5.74) is 4.20. The highest BCUT2D eigenvalue weighted by atomic mass is 35.5. The summed E-state index contributed by atoms with van der Waals surface area (Å²) in [6, 6.07) is 12.5. The second kappa shape index (κ2) is 10.8. The minimum atomic E-state index is -2.75. The van der Waals surface area contributed by atoms with Crippen LogP contribution < -0.4 is 15.9 Å². The summed E-state index contributed by atoms with van der Waals surface area (Å²) in [6.45, 7) is 4.97. The fourth-order valence-corrected chi connectivity index (χ4v) is 7.63. The second-order valence-electron chi connectivity index (χ2n) is 11.2. The Hall–Kier alpha value is -2.51. The molecule has 10 heteroatoms. The van der Waals surface area contributed by atoms with Gasteiger partial charge in [0.2, 0.25) is 5.95 Å². The number of nitrogens with one attached hydrogen (secondary N) is 2. The predicted molar refractivity (Wildman–Crippen MR) is 155 cm³/mol. The Morgan fingerprint density at radius 2 is 1.72 bits per heavy atom. The van der Waals surface area contributed by atoms with Crippen molar-refractivity contribution in [2.75, 3.05) is 37.2 Å². The van der Waals surface area contributed by atoms with Gasteiger partial charge in [-0.15, -0.1) is 0 Å². The maximum atomic E-state index is 13.9. The van der Waals surface area contributed by atoms with Crippen molar-refractivity contribution in [2.24, 2.45) is 0 Å². The van der Waals surface area contributed by atoms with E-state index < -0.39 is 13.0 Å². The molecule has 7 nitrogen and oxygen atoms in total. The lowest BCUT2D eigenvalue weighted by Crippen LogP contribution is -2.51. The van der Waals surface area contributed by atoms with Crippen LogP contribution in [0.1, 0.15) is 36.8 Å². The molecule has 0 amide bonds. The number of aryl methyl sites for hydroxylation is 2. The van der Waals surface area contributed by atoms with Gasteiger partial charge in [-0.3, -0.25) is 4.90 Å². The molecule has 39 heavy (non-hydrogen) atoms. The molecule has 2 fully saturated rings. The highest BCUT2D eigenvalue weighted by Crippen LogP contribution is 2.39. The highest BCUT2D eigenvalue weighted by Gasteiger charge is 2.41. The van der Waals surface area contributed by atoms with Crippen molar-refractivity contribution in [3.63, 3.8) is 0 Å². The number of fused-ring (bicyclic) bond motifs is 3. The molecule has 2 saturated heterocycles. The van der Waals surface area contributed by atoms with E-state index in [-0.39, 0.29) is 0 Å². The highest BCUT2D eigenvalue weighted by molar-refractivity contribution is 7.70. The molecule has 2 bridgehead atoms. The van der Waals surface area contributed by atoms with Crippen molar-refractivity contribution >= 4 is 47.2 Å². The Morgan fingerprint density at radius 3 is 2.46 bits per heavy atom. The van der Waals surface area contributed by atoms with Crippen molar-refractivity contribution in [3.05, 3.63) is 64.6 Å². The molecule has 3 heterocycles. The molecule has 3 aromatic rings. The first-order chi connectivity index (χ1) is 18.7. The number of rotatable bonds is 6. The van der Waals surface area contributed by atoms with Crippen LogP contribution >= 0.6 is 18.7 Å². The molecule has 2 aromatic carbocycles. The number of morpholine rings is 1. The van der Waals surface area contributed by atoms with E-state index in [0.29, 0.717) is 45.9 Å². The third kappa shape index (κ3) is 5.71. The van der Waals surface area contributed by atoms with Gasteiger partial charge in [-0.2, -0.15) is 4.98 Å². The van der Waals surface area contributed by atoms with E-state index in [2.05, 4.69) is 43.7 Å². The fraction of sp³-hybridized carbons (Fsp3) is 0.448. The molecule has 3 atom stereocenters. The number of hydrogen-bond acceptors (Lipinski definition) is 7. The van der Waals surface area contributed by atoms with Gasteiger partial charge in [-0.25, -0.2) is 9.37 Å². The average molecular weight is 570 g/mol. The zero-order valence-electron chi connectivity index (χ0n) is 22.3. The number of aromatic nitrogens is 2. The summed E-state index contributed by atoms with van der Waals surface area (Å²) in [5.74, 6) is 0.300. The molecule has 3 aliphatic rings. The van der Waals surface area contributed by atoms with Gasteiger partial charge >= 0.3 is 0 Å². The van der Waals surface area contributed by atoms with Crippen molar-refractivity contribution in [1.82, 2.24) is 14.9 Å². The van der Waals surface area contributed by atoms with Gasteiger partial charge in [0.15, 0.2) is 5.82 Å². The molecule has 3 unspecified atom stereocenters. The molecule has 2 aliphatic heterocycles. The Kier molecular flexibility index (Phi) is 7.40. The topological polar surface area (TPSA) is 79.4 Å². The van der Waals surface area contributed by atoms with Gasteiger partial charge in [-0.1, -0.05) is 17.7 Å². The molecule has 0 radical (unpaired) electrons. The molecule has 1 aromatic heterocycles. The third-order valence-corrected chi connectivity index (χ3v) is 10.0. The molecule has 206 valence electrons. The van der Waals surface area contributed by atoms with Crippen molar-refractivity contribution in [2.45, 2.75) is 56.7 Å². The lowest BCUT2D eigenvalue weighted by Gasteiger charge is -2.40. The molecule has 0 spiro atoms. The maximum absolute atomic E-state index is 13.9. The van der Waals surface area contributed by atoms with E-state index in [4.69, 9.17) is 16.3 Å². The van der Waals surface area contributed by atoms with Crippen LogP contribution in [0, 0.1) is 5.82 Å². The van der Waals surface area contributed by atoms with Crippen molar-refractivity contribution < 1.29 is 13.7 Å². The first kappa shape index (κ1) is 26.7. The zero-order valence-corrected chi connectivity index (χ0v) is 23.9. The van der Waals surface area contributed by atoms with Crippen molar-refractivity contribution in [3.8, 4) is 0 Å². The first-order valence-electron chi connectivity index (χ1n) is 13.6. The molecule has 6 rings (SSSR count). The Morgan fingerprint density at radius 1 is 0.974 bits per heavy atom. The van der Waals surface area contributed by atoms with E-state index in [9.17, 15) is 8.96 Å². The normalized spacial score (nSPS) is 23.2. The van der Waals surface area contributed by atoms with Gasteiger partial charge in [0.25, 0.3) is 0 Å². The Balaban J connectivity index is 1.18. The quantitative estimate of drug-likeness (QED) is 0.274. The van der Waals surface area contributed by atoms with Crippen LogP contribution in [0.3, 0.4) is 0 Å². The van der Waals surface area contributed by atoms with Gasteiger partial charge in [-0.05, 0) is 93.3 Å². The summed E-state index contributed by atoms with van der Waals surface area (Å²) >= 11 is 6.39. The molecular weight excluding hydrogens is 536 g/mol. The standard InChI is InChI=1S/C29H34ClFN5O2P/c1-39(2,37)27-14-20(31)6-12-26(27)34-28-25(30)15-32-29(35-28)33-21-7-3-18-4-8-22(9-5-19(18)13-21)36-23-10-11-24(36)17-38-16-23/h3,6-7,12-15,22-24H,4-5,8-11,16-17H2,1-2H3,(H2,32,33,34,35). The van der Waals surface area contributed by atoms with Gasteiger partial charge in [0.05, 0.1) is 25.1 Å². The number of halogens is 2. The lowest BCUT2D eigenvalue weighted by atomic mass is 10.0. The smallest absolute Gasteiger partial charge is 0.229 e. The summed E-state index contributed by atoms with van der Waals surface area (Å²) < 4.78 is 32.5. The number of benzene rings is 2. The van der Waals surface area contributed by atoms with Crippen LogP contribution in [0.5, 0.6) is 0 Å². The average Bonchev–Trinajstić information content (AvgIpc) is 3.05. The first-order valence-corrected chi connectivity index (χ1v) is 16.6. The molecule has 2 N–H and O–H groups in total.